The summed E-state index contributed by atoms with van der Waals surface area (Å²) in [5.41, 5.74) is 2.20. The molecular weight excluding hydrogens is 316 g/mol. The molecule has 2 aromatic rings. The minimum Gasteiger partial charge on any atom is -0.481 e. The average Bonchev–Trinajstić information content (AvgIpc) is 2.61. The standard InChI is InChI=1S/C20H24N2O3/c1-4-12-21-20(24)16-6-5-7-17(13-16)22-19(23)15(3)25-18-10-8-14(2)9-11-18/h5-11,13,15H,4,12H2,1-3H3,(H,21,24)(H,22,23). The molecule has 25 heavy (non-hydrogen) atoms. The van der Waals surface area contributed by atoms with Crippen molar-refractivity contribution in [3.8, 4) is 5.75 Å². The summed E-state index contributed by atoms with van der Waals surface area (Å²) in [6.45, 7) is 6.29. The normalized spacial score (nSPS) is 11.5. The highest BCUT2D eigenvalue weighted by atomic mass is 16.5. The predicted octanol–water partition coefficient (Wildman–Crippen LogP) is 3.54. The topological polar surface area (TPSA) is 67.4 Å². The summed E-state index contributed by atoms with van der Waals surface area (Å²) in [7, 11) is 0. The van der Waals surface area contributed by atoms with E-state index in [1.54, 1.807) is 31.2 Å². The molecule has 5 nitrogen and oxygen atoms in total. The van der Waals surface area contributed by atoms with Gasteiger partial charge in [0.25, 0.3) is 11.8 Å². The molecule has 0 bridgehead atoms. The highest BCUT2D eigenvalue weighted by molar-refractivity contribution is 5.98. The van der Waals surface area contributed by atoms with Crippen molar-refractivity contribution in [1.82, 2.24) is 5.32 Å². The van der Waals surface area contributed by atoms with Crippen LogP contribution in [-0.2, 0) is 4.79 Å². The first-order valence-electron chi connectivity index (χ1n) is 8.42. The molecule has 0 aliphatic rings. The predicted molar refractivity (Wildman–Crippen MR) is 99.0 cm³/mol. The van der Waals surface area contributed by atoms with E-state index >= 15 is 0 Å². The van der Waals surface area contributed by atoms with E-state index in [1.165, 1.54) is 0 Å². The summed E-state index contributed by atoms with van der Waals surface area (Å²) in [5, 5.41) is 5.59. The van der Waals surface area contributed by atoms with Crippen molar-refractivity contribution in [2.45, 2.75) is 33.3 Å². The molecule has 0 spiro atoms. The summed E-state index contributed by atoms with van der Waals surface area (Å²) in [5.74, 6) is 0.217. The molecule has 0 saturated carbocycles. The quantitative estimate of drug-likeness (QED) is 0.810. The van der Waals surface area contributed by atoms with Crippen LogP contribution in [-0.4, -0.2) is 24.5 Å². The van der Waals surface area contributed by atoms with Gasteiger partial charge < -0.3 is 15.4 Å². The molecule has 0 fully saturated rings. The second kappa shape index (κ2) is 8.87. The van der Waals surface area contributed by atoms with Crippen LogP contribution >= 0.6 is 0 Å². The van der Waals surface area contributed by atoms with Crippen molar-refractivity contribution in [2.75, 3.05) is 11.9 Å². The maximum Gasteiger partial charge on any atom is 0.265 e. The molecule has 1 atom stereocenters. The first-order valence-corrected chi connectivity index (χ1v) is 8.42. The highest BCUT2D eigenvalue weighted by Gasteiger charge is 2.15. The molecule has 2 aromatic carbocycles. The number of carbonyl (C=O) groups excluding carboxylic acids is 2. The van der Waals surface area contributed by atoms with E-state index < -0.39 is 6.10 Å². The molecule has 0 aromatic heterocycles. The van der Waals surface area contributed by atoms with Crippen LogP contribution in [0.5, 0.6) is 5.75 Å². The van der Waals surface area contributed by atoms with Gasteiger partial charge in [0.1, 0.15) is 5.75 Å². The van der Waals surface area contributed by atoms with E-state index in [1.807, 2.05) is 38.1 Å². The number of hydrogen-bond acceptors (Lipinski definition) is 3. The lowest BCUT2D eigenvalue weighted by Gasteiger charge is -2.15. The number of aryl methyl sites for hydroxylation is 1. The van der Waals surface area contributed by atoms with Crippen LogP contribution in [0, 0.1) is 6.92 Å². The molecule has 0 aliphatic heterocycles. The van der Waals surface area contributed by atoms with Gasteiger partial charge >= 0.3 is 0 Å². The number of carbonyl (C=O) groups is 2. The van der Waals surface area contributed by atoms with Crippen LogP contribution < -0.4 is 15.4 Å². The summed E-state index contributed by atoms with van der Waals surface area (Å²) in [6, 6.07) is 14.4. The molecule has 2 rings (SSSR count). The minimum absolute atomic E-state index is 0.151. The Morgan fingerprint density at radius 2 is 1.84 bits per heavy atom. The summed E-state index contributed by atoms with van der Waals surface area (Å²) in [4.78, 5) is 24.3. The van der Waals surface area contributed by atoms with Crippen LogP contribution in [0.2, 0.25) is 0 Å². The fraction of sp³-hybridized carbons (Fsp3) is 0.300. The second-order valence-corrected chi connectivity index (χ2v) is 5.90. The van der Waals surface area contributed by atoms with E-state index in [-0.39, 0.29) is 11.8 Å². The Kier molecular flexibility index (Phi) is 6.57. The fourth-order valence-electron chi connectivity index (χ4n) is 2.20. The van der Waals surface area contributed by atoms with Gasteiger partial charge in [-0.3, -0.25) is 9.59 Å². The number of amides is 2. The second-order valence-electron chi connectivity index (χ2n) is 5.90. The Balaban J connectivity index is 1.97. The fourth-order valence-corrected chi connectivity index (χ4v) is 2.20. The van der Waals surface area contributed by atoms with E-state index in [0.29, 0.717) is 23.5 Å². The zero-order chi connectivity index (χ0) is 18.2. The van der Waals surface area contributed by atoms with Crippen LogP contribution in [0.4, 0.5) is 5.69 Å². The zero-order valence-corrected chi connectivity index (χ0v) is 14.8. The Labute approximate surface area is 148 Å². The maximum atomic E-state index is 12.3. The SMILES string of the molecule is CCCNC(=O)c1cccc(NC(=O)C(C)Oc2ccc(C)cc2)c1. The molecular formula is C20H24N2O3. The van der Waals surface area contributed by atoms with Gasteiger partial charge in [0.2, 0.25) is 0 Å². The molecule has 1 unspecified atom stereocenters. The smallest absolute Gasteiger partial charge is 0.265 e. The average molecular weight is 340 g/mol. The molecule has 0 radical (unpaired) electrons. The maximum absolute atomic E-state index is 12.3. The van der Waals surface area contributed by atoms with Crippen LogP contribution in [0.1, 0.15) is 36.2 Å². The monoisotopic (exact) mass is 340 g/mol. The molecule has 2 amide bonds. The lowest BCUT2D eigenvalue weighted by Crippen LogP contribution is -2.30. The summed E-state index contributed by atoms with van der Waals surface area (Å²) in [6.07, 6.45) is 0.219. The number of nitrogens with one attached hydrogen (secondary N) is 2. The van der Waals surface area contributed by atoms with Crippen molar-refractivity contribution in [2.24, 2.45) is 0 Å². The number of rotatable bonds is 7. The molecule has 0 heterocycles. The van der Waals surface area contributed by atoms with E-state index in [4.69, 9.17) is 4.74 Å². The summed E-state index contributed by atoms with van der Waals surface area (Å²) < 4.78 is 5.64. The Bertz CT molecular complexity index is 726. The van der Waals surface area contributed by atoms with Gasteiger partial charge in [0.15, 0.2) is 6.10 Å². The molecule has 5 heteroatoms. The lowest BCUT2D eigenvalue weighted by molar-refractivity contribution is -0.122. The first-order chi connectivity index (χ1) is 12.0. The third kappa shape index (κ3) is 5.64. The molecule has 0 aliphatic carbocycles. The van der Waals surface area contributed by atoms with Crippen molar-refractivity contribution in [3.05, 3.63) is 59.7 Å². The zero-order valence-electron chi connectivity index (χ0n) is 14.8. The largest absolute Gasteiger partial charge is 0.481 e. The van der Waals surface area contributed by atoms with Gasteiger partial charge in [0.05, 0.1) is 0 Å². The third-order valence-corrected chi connectivity index (χ3v) is 3.63. The van der Waals surface area contributed by atoms with E-state index in [0.717, 1.165) is 12.0 Å². The number of hydrogen-bond donors (Lipinski definition) is 2. The molecule has 2 N–H and O–H groups in total. The van der Waals surface area contributed by atoms with Crippen LogP contribution in [0.15, 0.2) is 48.5 Å². The van der Waals surface area contributed by atoms with E-state index in [2.05, 4.69) is 10.6 Å². The molecule has 0 saturated heterocycles. The third-order valence-electron chi connectivity index (χ3n) is 3.63. The Morgan fingerprint density at radius 1 is 1.12 bits per heavy atom. The number of ether oxygens (including phenoxy) is 1. The molecule has 132 valence electrons. The van der Waals surface area contributed by atoms with Gasteiger partial charge in [-0.05, 0) is 50.6 Å². The van der Waals surface area contributed by atoms with Crippen LogP contribution in [0.3, 0.4) is 0 Å². The first kappa shape index (κ1) is 18.5. The lowest BCUT2D eigenvalue weighted by atomic mass is 10.2. The van der Waals surface area contributed by atoms with Crippen molar-refractivity contribution in [1.29, 1.82) is 0 Å². The van der Waals surface area contributed by atoms with Gasteiger partial charge in [-0.15, -0.1) is 0 Å². The number of benzene rings is 2. The minimum atomic E-state index is -0.653. The van der Waals surface area contributed by atoms with Crippen molar-refractivity contribution >= 4 is 17.5 Å². The number of anilines is 1. The van der Waals surface area contributed by atoms with E-state index in [9.17, 15) is 9.59 Å². The van der Waals surface area contributed by atoms with Crippen molar-refractivity contribution < 1.29 is 14.3 Å². The Hall–Kier alpha value is -2.82. The van der Waals surface area contributed by atoms with Gasteiger partial charge in [-0.1, -0.05) is 30.7 Å². The van der Waals surface area contributed by atoms with Crippen molar-refractivity contribution in [3.63, 3.8) is 0 Å². The van der Waals surface area contributed by atoms with Gasteiger partial charge in [-0.2, -0.15) is 0 Å². The van der Waals surface area contributed by atoms with Gasteiger partial charge in [-0.25, -0.2) is 0 Å². The van der Waals surface area contributed by atoms with Crippen LogP contribution in [0.25, 0.3) is 0 Å². The highest BCUT2D eigenvalue weighted by Crippen LogP contribution is 2.15. The Morgan fingerprint density at radius 3 is 2.52 bits per heavy atom. The summed E-state index contributed by atoms with van der Waals surface area (Å²) >= 11 is 0. The van der Waals surface area contributed by atoms with Gasteiger partial charge in [0, 0.05) is 17.8 Å².